The first kappa shape index (κ1) is 11.9. The van der Waals surface area contributed by atoms with Gasteiger partial charge in [0.05, 0.1) is 5.56 Å². The van der Waals surface area contributed by atoms with Gasteiger partial charge in [0.25, 0.3) is 0 Å². The number of carbonyl (C=O) groups is 1. The molecule has 1 aliphatic carbocycles. The van der Waals surface area contributed by atoms with Crippen LogP contribution in [0.15, 0.2) is 36.4 Å². The fourth-order valence-corrected chi connectivity index (χ4v) is 1.43. The fourth-order valence-electron chi connectivity index (χ4n) is 1.43. The van der Waals surface area contributed by atoms with Crippen molar-refractivity contribution >= 4 is 5.78 Å². The second-order valence-electron chi connectivity index (χ2n) is 4.14. The number of ketones is 1. The minimum atomic E-state index is -4.36. The molecule has 1 fully saturated rings. The summed E-state index contributed by atoms with van der Waals surface area (Å²) in [5.41, 5.74) is -0.449. The maximum atomic E-state index is 12.3. The van der Waals surface area contributed by atoms with E-state index < -0.39 is 11.7 Å². The molecular formula is C13H11F3O. The molecule has 0 heterocycles. The molecule has 1 nitrogen and oxygen atoms in total. The molecule has 0 spiro atoms. The lowest BCUT2D eigenvalue weighted by Crippen LogP contribution is -2.05. The van der Waals surface area contributed by atoms with E-state index in [1.807, 2.05) is 6.08 Å². The highest BCUT2D eigenvalue weighted by Crippen LogP contribution is 2.31. The van der Waals surface area contributed by atoms with Crippen molar-refractivity contribution in [2.45, 2.75) is 19.0 Å². The molecule has 17 heavy (non-hydrogen) atoms. The Labute approximate surface area is 96.9 Å². The van der Waals surface area contributed by atoms with Crippen LogP contribution in [0.3, 0.4) is 0 Å². The Balaban J connectivity index is 2.09. The number of rotatable bonds is 3. The van der Waals surface area contributed by atoms with Crippen molar-refractivity contribution in [1.29, 1.82) is 0 Å². The Hall–Kier alpha value is -1.58. The summed E-state index contributed by atoms with van der Waals surface area (Å²) in [5, 5.41) is 0. The number of carbonyl (C=O) groups excluding carboxylic acids is 1. The Morgan fingerprint density at radius 2 is 1.76 bits per heavy atom. The molecule has 0 bridgehead atoms. The third-order valence-electron chi connectivity index (χ3n) is 2.64. The van der Waals surface area contributed by atoms with E-state index in [0.29, 0.717) is 5.92 Å². The molecule has 1 saturated carbocycles. The van der Waals surface area contributed by atoms with Gasteiger partial charge in [-0.3, -0.25) is 4.79 Å². The molecule has 0 unspecified atom stereocenters. The van der Waals surface area contributed by atoms with Crippen LogP contribution in [-0.2, 0) is 6.18 Å². The monoisotopic (exact) mass is 240 g/mol. The lowest BCUT2D eigenvalue weighted by atomic mass is 10.1. The molecule has 0 radical (unpaired) electrons. The molecule has 0 aliphatic heterocycles. The number of allylic oxidation sites excluding steroid dienone is 2. The molecule has 0 aromatic heterocycles. The number of halogens is 3. The number of hydrogen-bond acceptors (Lipinski definition) is 1. The third kappa shape index (κ3) is 3.19. The van der Waals surface area contributed by atoms with Gasteiger partial charge in [0.1, 0.15) is 0 Å². The first-order chi connectivity index (χ1) is 7.97. The SMILES string of the molecule is O=C(/C=C/C1CC1)c1ccc(C(F)(F)F)cc1. The van der Waals surface area contributed by atoms with Crippen LogP contribution in [0.1, 0.15) is 28.8 Å². The zero-order chi connectivity index (χ0) is 12.5. The summed E-state index contributed by atoms with van der Waals surface area (Å²) >= 11 is 0. The van der Waals surface area contributed by atoms with Crippen molar-refractivity contribution < 1.29 is 18.0 Å². The quantitative estimate of drug-likeness (QED) is 0.579. The maximum absolute atomic E-state index is 12.3. The molecule has 90 valence electrons. The Bertz CT molecular complexity index is 439. The summed E-state index contributed by atoms with van der Waals surface area (Å²) in [6, 6.07) is 4.28. The van der Waals surface area contributed by atoms with E-state index in [1.165, 1.54) is 18.2 Å². The molecule has 0 atom stereocenters. The Morgan fingerprint density at radius 3 is 2.24 bits per heavy atom. The van der Waals surface area contributed by atoms with Crippen LogP contribution in [0.5, 0.6) is 0 Å². The fraction of sp³-hybridized carbons (Fsp3) is 0.308. The van der Waals surface area contributed by atoms with Crippen LogP contribution in [-0.4, -0.2) is 5.78 Å². The number of benzene rings is 1. The van der Waals surface area contributed by atoms with Gasteiger partial charge in [0.15, 0.2) is 5.78 Å². The van der Waals surface area contributed by atoms with E-state index in [9.17, 15) is 18.0 Å². The summed E-state index contributed by atoms with van der Waals surface area (Å²) in [5.74, 6) is 0.235. The highest BCUT2D eigenvalue weighted by molar-refractivity contribution is 6.04. The van der Waals surface area contributed by atoms with Gasteiger partial charge in [-0.2, -0.15) is 13.2 Å². The molecule has 2 rings (SSSR count). The molecule has 0 amide bonds. The highest BCUT2D eigenvalue weighted by Gasteiger charge is 2.30. The van der Waals surface area contributed by atoms with Gasteiger partial charge in [-0.25, -0.2) is 0 Å². The smallest absolute Gasteiger partial charge is 0.289 e. The number of alkyl halides is 3. The van der Waals surface area contributed by atoms with E-state index in [-0.39, 0.29) is 11.3 Å². The van der Waals surface area contributed by atoms with Crippen molar-refractivity contribution in [3.8, 4) is 0 Å². The van der Waals surface area contributed by atoms with E-state index >= 15 is 0 Å². The van der Waals surface area contributed by atoms with Gasteiger partial charge in [0, 0.05) is 5.56 Å². The van der Waals surface area contributed by atoms with Crippen molar-refractivity contribution in [2.75, 3.05) is 0 Å². The predicted octanol–water partition coefficient (Wildman–Crippen LogP) is 3.85. The Kier molecular flexibility index (Phi) is 3.05. The van der Waals surface area contributed by atoms with E-state index in [0.717, 1.165) is 25.0 Å². The molecule has 1 aromatic carbocycles. The van der Waals surface area contributed by atoms with Gasteiger partial charge < -0.3 is 0 Å². The summed E-state index contributed by atoms with van der Waals surface area (Å²) < 4.78 is 36.9. The third-order valence-corrected chi connectivity index (χ3v) is 2.64. The van der Waals surface area contributed by atoms with Gasteiger partial charge in [-0.15, -0.1) is 0 Å². The lowest BCUT2D eigenvalue weighted by Gasteiger charge is -2.06. The standard InChI is InChI=1S/C13H11F3O/c14-13(15,16)11-6-4-10(5-7-11)12(17)8-3-9-1-2-9/h3-9H,1-2H2/b8-3+. The van der Waals surface area contributed by atoms with Crippen molar-refractivity contribution in [3.05, 3.63) is 47.5 Å². The minimum Gasteiger partial charge on any atom is -0.289 e. The second-order valence-corrected chi connectivity index (χ2v) is 4.14. The Morgan fingerprint density at radius 1 is 1.18 bits per heavy atom. The molecule has 0 saturated heterocycles. The minimum absolute atomic E-state index is 0.245. The van der Waals surface area contributed by atoms with Gasteiger partial charge in [0.2, 0.25) is 0 Å². The first-order valence-electron chi connectivity index (χ1n) is 5.36. The van der Waals surface area contributed by atoms with Gasteiger partial charge >= 0.3 is 6.18 Å². The lowest BCUT2D eigenvalue weighted by molar-refractivity contribution is -0.137. The van der Waals surface area contributed by atoms with Crippen LogP contribution in [0.25, 0.3) is 0 Å². The van der Waals surface area contributed by atoms with Crippen LogP contribution in [0, 0.1) is 5.92 Å². The van der Waals surface area contributed by atoms with Crippen LogP contribution < -0.4 is 0 Å². The summed E-state index contributed by atoms with van der Waals surface area (Å²) in [4.78, 5) is 11.6. The zero-order valence-electron chi connectivity index (χ0n) is 9.00. The van der Waals surface area contributed by atoms with E-state index in [1.54, 1.807) is 0 Å². The topological polar surface area (TPSA) is 17.1 Å². The first-order valence-corrected chi connectivity index (χ1v) is 5.36. The summed E-state index contributed by atoms with van der Waals surface area (Å²) in [6.45, 7) is 0. The normalized spacial score (nSPS) is 16.4. The van der Waals surface area contributed by atoms with Crippen molar-refractivity contribution in [2.24, 2.45) is 5.92 Å². The van der Waals surface area contributed by atoms with Crippen molar-refractivity contribution in [1.82, 2.24) is 0 Å². The summed E-state index contributed by atoms with van der Waals surface area (Å²) in [6.07, 6.45) is 1.10. The van der Waals surface area contributed by atoms with Crippen molar-refractivity contribution in [3.63, 3.8) is 0 Å². The van der Waals surface area contributed by atoms with Gasteiger partial charge in [-0.05, 0) is 37.0 Å². The molecular weight excluding hydrogens is 229 g/mol. The maximum Gasteiger partial charge on any atom is 0.416 e. The number of hydrogen-bond donors (Lipinski definition) is 0. The molecule has 1 aromatic rings. The molecule has 0 N–H and O–H groups in total. The van der Waals surface area contributed by atoms with E-state index in [2.05, 4.69) is 0 Å². The molecule has 1 aliphatic rings. The van der Waals surface area contributed by atoms with Crippen LogP contribution >= 0.6 is 0 Å². The van der Waals surface area contributed by atoms with E-state index in [4.69, 9.17) is 0 Å². The zero-order valence-corrected chi connectivity index (χ0v) is 9.00. The second kappa shape index (κ2) is 4.35. The van der Waals surface area contributed by atoms with Crippen LogP contribution in [0.4, 0.5) is 13.2 Å². The average Bonchev–Trinajstić information content (AvgIpc) is 3.09. The highest BCUT2D eigenvalue weighted by atomic mass is 19.4. The predicted molar refractivity (Wildman–Crippen MR) is 57.6 cm³/mol. The molecule has 4 heteroatoms. The van der Waals surface area contributed by atoms with Crippen LogP contribution in [0.2, 0.25) is 0 Å². The average molecular weight is 240 g/mol. The largest absolute Gasteiger partial charge is 0.416 e. The van der Waals surface area contributed by atoms with Gasteiger partial charge in [-0.1, -0.05) is 18.2 Å². The summed E-state index contributed by atoms with van der Waals surface area (Å²) in [7, 11) is 0.